The van der Waals surface area contributed by atoms with Gasteiger partial charge in [-0.1, -0.05) is 29.8 Å². The van der Waals surface area contributed by atoms with E-state index in [2.05, 4.69) is 4.89 Å². The quantitative estimate of drug-likeness (QED) is 0.672. The van der Waals surface area contributed by atoms with Crippen molar-refractivity contribution >= 4 is 0 Å². The fraction of sp³-hybridized carbons (Fsp3) is 0.235. The Morgan fingerprint density at radius 3 is 2.41 bits per heavy atom. The molecule has 0 aliphatic carbocycles. The minimum Gasteiger partial charge on any atom is -0.504 e. The second-order valence-corrected chi connectivity index (χ2v) is 4.39. The van der Waals surface area contributed by atoms with Crippen LogP contribution in [0.3, 0.4) is 0 Å². The average Bonchev–Trinajstić information content (AvgIpc) is 2.70. The van der Waals surface area contributed by atoms with Gasteiger partial charge in [0, 0.05) is 11.1 Å². The maximum Gasteiger partial charge on any atom is 0.220 e. The fourth-order valence-electron chi connectivity index (χ4n) is 1.83. The highest BCUT2D eigenvalue weighted by atomic mass is 17.1. The van der Waals surface area contributed by atoms with Gasteiger partial charge in [0.05, 0.1) is 15.1 Å². The molecule has 2 N–H and O–H groups in total. The van der Waals surface area contributed by atoms with Gasteiger partial charge in [-0.25, -0.2) is 4.89 Å². The summed E-state index contributed by atoms with van der Waals surface area (Å²) in [6.07, 6.45) is 0. The van der Waals surface area contributed by atoms with Crippen LogP contribution in [0.4, 0.5) is 0 Å². The Balaban J connectivity index is 0.000000463. The Labute approximate surface area is 130 Å². The summed E-state index contributed by atoms with van der Waals surface area (Å²) in [5.74, 6) is 0.366. The molecule has 0 amide bonds. The summed E-state index contributed by atoms with van der Waals surface area (Å²) >= 11 is 0. The van der Waals surface area contributed by atoms with Gasteiger partial charge in [0.2, 0.25) is 5.43 Å². The molecule has 5 nitrogen and oxygen atoms in total. The number of hydrogen-bond acceptors (Lipinski definition) is 5. The minimum absolute atomic E-state index is 0.260. The van der Waals surface area contributed by atoms with E-state index in [0.29, 0.717) is 16.9 Å². The number of hydrogen-bond donors (Lipinski definition) is 2. The van der Waals surface area contributed by atoms with E-state index < -0.39 is 12.0 Å². The summed E-state index contributed by atoms with van der Waals surface area (Å²) in [5.41, 5.74) is 1.82. The average molecular weight is 305 g/mol. The highest BCUT2D eigenvalue weighted by molar-refractivity contribution is 5.75. The van der Waals surface area contributed by atoms with E-state index in [9.17, 15) is 9.90 Å². The molecule has 2 rings (SSSR count). The van der Waals surface area contributed by atoms with E-state index in [-0.39, 0.29) is 5.75 Å². The van der Waals surface area contributed by atoms with Gasteiger partial charge in [-0.2, -0.15) is 0 Å². The smallest absolute Gasteiger partial charge is 0.220 e. The van der Waals surface area contributed by atoms with Crippen molar-refractivity contribution in [3.63, 3.8) is 0 Å². The van der Waals surface area contributed by atoms with Crippen LogP contribution in [-0.2, 0) is 4.89 Å². The number of rotatable bonds is 3. The summed E-state index contributed by atoms with van der Waals surface area (Å²) in [7, 11) is 1.56. The molecule has 0 aromatic heterocycles. The van der Waals surface area contributed by atoms with Crippen molar-refractivity contribution in [2.45, 2.75) is 13.8 Å². The molecular formula is C17H20O5. The van der Waals surface area contributed by atoms with Crippen LogP contribution in [0.25, 0.3) is 11.1 Å². The van der Waals surface area contributed by atoms with Crippen molar-refractivity contribution in [2.24, 2.45) is 0 Å². The monoisotopic (exact) mass is 305 g/mol. The zero-order valence-electron chi connectivity index (χ0n) is 13.7. The molecule has 0 aliphatic rings. The lowest BCUT2D eigenvalue weighted by molar-refractivity contribution is -0.237. The minimum atomic E-state index is -0.810. The molecule has 0 saturated carbocycles. The van der Waals surface area contributed by atoms with Gasteiger partial charge in [0.25, 0.3) is 0 Å². The molecule has 0 fully saturated rings. The Bertz CT molecular complexity index is 701. The number of aryl methyl sites for hydroxylation is 1. The molecule has 2 aromatic carbocycles. The second-order valence-electron chi connectivity index (χ2n) is 4.39. The number of methoxy groups -OCH3 is 1. The van der Waals surface area contributed by atoms with Crippen LogP contribution in [0, 0.1) is 6.92 Å². The van der Waals surface area contributed by atoms with Gasteiger partial charge < -0.3 is 9.84 Å². The normalized spacial score (nSPS) is 11.7. The highest BCUT2D eigenvalue weighted by Gasteiger charge is 2.11. The lowest BCUT2D eigenvalue weighted by atomic mass is 10.0. The molecule has 118 valence electrons. The predicted octanol–water partition coefficient (Wildman–Crippen LogP) is 3.23. The molecule has 0 saturated heterocycles. The maximum absolute atomic E-state index is 11.6. The summed E-state index contributed by atoms with van der Waals surface area (Å²) in [6, 6.07) is 12.0. The number of aromatic hydroxyl groups is 1. The molecule has 1 unspecified atom stereocenters. The van der Waals surface area contributed by atoms with Crippen LogP contribution >= 0.6 is 0 Å². The summed E-state index contributed by atoms with van der Waals surface area (Å²) in [4.78, 5) is 15.0. The van der Waals surface area contributed by atoms with Crippen molar-refractivity contribution in [2.75, 3.05) is 13.7 Å². The van der Waals surface area contributed by atoms with Crippen molar-refractivity contribution in [3.8, 4) is 22.6 Å². The third-order valence-corrected chi connectivity index (χ3v) is 2.86. The maximum atomic E-state index is 11.6. The van der Waals surface area contributed by atoms with E-state index in [1.54, 1.807) is 25.3 Å². The summed E-state index contributed by atoms with van der Waals surface area (Å²) in [6.45, 7) is 2.55. The van der Waals surface area contributed by atoms with E-state index in [4.69, 9.17) is 11.4 Å². The van der Waals surface area contributed by atoms with Gasteiger partial charge in [-0.05, 0) is 32.0 Å². The first-order valence-corrected chi connectivity index (χ1v) is 6.60. The van der Waals surface area contributed by atoms with Crippen molar-refractivity contribution in [1.82, 2.24) is 0 Å². The number of benzene rings is 1. The fourth-order valence-corrected chi connectivity index (χ4v) is 1.83. The van der Waals surface area contributed by atoms with Crippen LogP contribution in [-0.4, -0.2) is 24.1 Å². The van der Waals surface area contributed by atoms with E-state index in [0.717, 1.165) is 5.56 Å². The van der Waals surface area contributed by atoms with Gasteiger partial charge in [-0.3, -0.25) is 10.1 Å². The van der Waals surface area contributed by atoms with Crippen molar-refractivity contribution < 1.29 is 21.4 Å². The summed E-state index contributed by atoms with van der Waals surface area (Å²) in [5, 5.41) is 17.4. The Morgan fingerprint density at radius 1 is 1.18 bits per heavy atom. The molecule has 0 bridgehead atoms. The predicted molar refractivity (Wildman–Crippen MR) is 85.4 cm³/mol. The van der Waals surface area contributed by atoms with E-state index in [1.807, 2.05) is 25.1 Å². The zero-order chi connectivity index (χ0) is 17.4. The van der Waals surface area contributed by atoms with Crippen LogP contribution in [0.1, 0.15) is 13.9 Å². The Kier molecular flexibility index (Phi) is 6.41. The Morgan fingerprint density at radius 2 is 1.82 bits per heavy atom. The summed E-state index contributed by atoms with van der Waals surface area (Å²) < 4.78 is 11.6. The molecule has 0 heterocycles. The third-order valence-electron chi connectivity index (χ3n) is 2.86. The Hall–Kier alpha value is -2.37. The number of ether oxygens (including phenoxy) is 1. The molecule has 22 heavy (non-hydrogen) atoms. The standard InChI is InChI=1S/C15H14O3.C2H6O2/c1-10-7-8-14(18-2)12(9-10)11-5-3-4-6-13(16)15(11)17;1-2-4-3/h3-9H,1-2H3,(H,16,17);3H,2H2,1H3/i;2D. The molecular weight excluding hydrogens is 284 g/mol. The van der Waals surface area contributed by atoms with Crippen molar-refractivity contribution in [1.29, 1.82) is 0 Å². The van der Waals surface area contributed by atoms with E-state index in [1.165, 1.54) is 13.0 Å². The van der Waals surface area contributed by atoms with Crippen LogP contribution in [0.15, 0.2) is 47.3 Å². The largest absolute Gasteiger partial charge is 0.504 e. The highest BCUT2D eigenvalue weighted by Crippen LogP contribution is 2.34. The van der Waals surface area contributed by atoms with Gasteiger partial charge in [0.15, 0.2) is 5.75 Å². The molecule has 1 atom stereocenters. The van der Waals surface area contributed by atoms with Gasteiger partial charge in [0.1, 0.15) is 5.75 Å². The first-order valence-electron chi connectivity index (χ1n) is 7.18. The van der Waals surface area contributed by atoms with Crippen LogP contribution in [0.2, 0.25) is 0 Å². The lowest BCUT2D eigenvalue weighted by Crippen LogP contribution is -1.96. The molecule has 0 radical (unpaired) electrons. The van der Waals surface area contributed by atoms with E-state index >= 15 is 0 Å². The first kappa shape index (κ1) is 16.0. The lowest BCUT2D eigenvalue weighted by Gasteiger charge is -2.09. The third kappa shape index (κ3) is 4.58. The SMILES string of the molecule is COc1ccc(C)cc1-c1ccccc(=O)c1O.[2H]C(C)OO. The molecule has 0 aliphatic heterocycles. The zero-order valence-corrected chi connectivity index (χ0v) is 12.7. The molecule has 5 heteroatoms. The van der Waals surface area contributed by atoms with Crippen LogP contribution in [0.5, 0.6) is 11.5 Å². The van der Waals surface area contributed by atoms with Gasteiger partial charge in [-0.15, -0.1) is 0 Å². The topological polar surface area (TPSA) is 76.0 Å². The van der Waals surface area contributed by atoms with Gasteiger partial charge >= 0.3 is 0 Å². The molecule has 2 aromatic rings. The first-order chi connectivity index (χ1) is 10.9. The second kappa shape index (κ2) is 8.81. The van der Waals surface area contributed by atoms with Crippen molar-refractivity contribution in [3.05, 3.63) is 58.3 Å². The molecule has 0 spiro atoms. The van der Waals surface area contributed by atoms with Crippen LogP contribution < -0.4 is 10.2 Å².